The first-order chi connectivity index (χ1) is 9.86. The monoisotopic (exact) mass is 326 g/mol. The molecule has 0 aliphatic rings. The minimum absolute atomic E-state index is 0.00152. The third kappa shape index (κ3) is 4.28. The highest BCUT2D eigenvalue weighted by atomic mass is 32.2. The maximum atomic E-state index is 11.7. The molecule has 112 valence electrons. The lowest BCUT2D eigenvalue weighted by atomic mass is 10.2. The van der Waals surface area contributed by atoms with Crippen LogP contribution in [-0.4, -0.2) is 14.5 Å². The van der Waals surface area contributed by atoms with Gasteiger partial charge in [-0.25, -0.2) is 18.4 Å². The molecule has 2 rings (SSSR count). The van der Waals surface area contributed by atoms with E-state index in [0.717, 1.165) is 16.9 Å². The Kier molecular flexibility index (Phi) is 4.61. The van der Waals surface area contributed by atoms with Gasteiger partial charge in [-0.05, 0) is 18.6 Å². The number of hydrogen-bond donors (Lipinski definition) is 2. The molecule has 3 N–H and O–H groups in total. The van der Waals surface area contributed by atoms with Crippen LogP contribution in [0.15, 0.2) is 40.6 Å². The number of nitrogens with one attached hydrogen (secondary N) is 1. The molecule has 0 bridgehead atoms. The van der Waals surface area contributed by atoms with E-state index in [9.17, 15) is 13.2 Å². The first kappa shape index (κ1) is 15.5. The zero-order valence-corrected chi connectivity index (χ0v) is 12.8. The van der Waals surface area contributed by atoms with Gasteiger partial charge in [0.05, 0.1) is 5.69 Å². The van der Waals surface area contributed by atoms with Crippen molar-refractivity contribution in [3.05, 3.63) is 46.8 Å². The average molecular weight is 326 g/mol. The van der Waals surface area contributed by atoms with E-state index < -0.39 is 16.1 Å². The van der Waals surface area contributed by atoms with Gasteiger partial charge in [0, 0.05) is 4.88 Å². The number of rotatable bonds is 4. The summed E-state index contributed by atoms with van der Waals surface area (Å²) in [6.45, 7) is 1.82. The Labute approximate surface area is 126 Å². The number of anilines is 1. The number of amides is 1. The van der Waals surface area contributed by atoms with Crippen LogP contribution in [0.3, 0.4) is 0 Å². The molecule has 21 heavy (non-hydrogen) atoms. The third-order valence-corrected chi connectivity index (χ3v) is 5.10. The molecule has 1 amide bonds. The molecule has 1 heterocycles. The molecular formula is C13H14N2O4S2. The first-order valence-corrected chi connectivity index (χ1v) is 8.33. The van der Waals surface area contributed by atoms with Crippen molar-refractivity contribution in [2.45, 2.75) is 17.7 Å². The van der Waals surface area contributed by atoms with Gasteiger partial charge in [0.2, 0.25) is 10.0 Å². The van der Waals surface area contributed by atoms with E-state index in [2.05, 4.69) is 5.32 Å². The van der Waals surface area contributed by atoms with E-state index in [-0.39, 0.29) is 10.8 Å². The molecule has 0 atom stereocenters. The number of benzene rings is 1. The maximum absolute atomic E-state index is 11.7. The van der Waals surface area contributed by atoms with Crippen molar-refractivity contribution in [2.24, 2.45) is 5.14 Å². The maximum Gasteiger partial charge on any atom is 0.411 e. The lowest BCUT2D eigenvalue weighted by molar-refractivity contribution is 0.155. The molecule has 1 aromatic carbocycles. The zero-order chi connectivity index (χ0) is 15.5. The Bertz CT molecular complexity index is 739. The predicted molar refractivity (Wildman–Crippen MR) is 80.7 cm³/mol. The summed E-state index contributed by atoms with van der Waals surface area (Å²) >= 11 is 0.995. The van der Waals surface area contributed by atoms with Gasteiger partial charge in [0.1, 0.15) is 10.8 Å². The van der Waals surface area contributed by atoms with Crippen LogP contribution in [-0.2, 0) is 21.4 Å². The van der Waals surface area contributed by atoms with Crippen LogP contribution in [0, 0.1) is 6.92 Å². The highest BCUT2D eigenvalue weighted by Crippen LogP contribution is 2.29. The van der Waals surface area contributed by atoms with E-state index >= 15 is 0 Å². The van der Waals surface area contributed by atoms with Crippen molar-refractivity contribution in [2.75, 3.05) is 5.32 Å². The molecule has 0 spiro atoms. The number of aryl methyl sites for hydroxylation is 1. The van der Waals surface area contributed by atoms with Gasteiger partial charge in [0.15, 0.2) is 0 Å². The summed E-state index contributed by atoms with van der Waals surface area (Å²) in [6.07, 6.45) is -0.652. The van der Waals surface area contributed by atoms with Crippen molar-refractivity contribution < 1.29 is 17.9 Å². The van der Waals surface area contributed by atoms with Crippen LogP contribution >= 0.6 is 11.3 Å². The van der Waals surface area contributed by atoms with Crippen LogP contribution < -0.4 is 10.5 Å². The number of carbonyl (C=O) groups excluding carboxylic acids is 1. The Morgan fingerprint density at radius 1 is 1.33 bits per heavy atom. The summed E-state index contributed by atoms with van der Waals surface area (Å²) in [5, 5.41) is 7.55. The Morgan fingerprint density at radius 2 is 2.00 bits per heavy atom. The number of sulfonamides is 1. The van der Waals surface area contributed by atoms with E-state index in [1.54, 1.807) is 6.92 Å². The van der Waals surface area contributed by atoms with Crippen LogP contribution in [0.4, 0.5) is 10.5 Å². The molecule has 0 saturated carbocycles. The number of ether oxygens (including phenoxy) is 1. The highest BCUT2D eigenvalue weighted by molar-refractivity contribution is 7.91. The van der Waals surface area contributed by atoms with Crippen LogP contribution in [0.25, 0.3) is 0 Å². The molecular weight excluding hydrogens is 312 g/mol. The van der Waals surface area contributed by atoms with Gasteiger partial charge >= 0.3 is 6.09 Å². The normalized spacial score (nSPS) is 11.1. The Balaban J connectivity index is 1.99. The second kappa shape index (κ2) is 6.25. The van der Waals surface area contributed by atoms with Gasteiger partial charge in [-0.15, -0.1) is 11.3 Å². The number of thiophene rings is 1. The van der Waals surface area contributed by atoms with Crippen molar-refractivity contribution in [3.8, 4) is 0 Å². The van der Waals surface area contributed by atoms with Gasteiger partial charge in [-0.2, -0.15) is 0 Å². The lowest BCUT2D eigenvalue weighted by Gasteiger charge is -2.06. The van der Waals surface area contributed by atoms with Gasteiger partial charge < -0.3 is 4.74 Å². The molecule has 0 unspecified atom stereocenters. The lowest BCUT2D eigenvalue weighted by Crippen LogP contribution is -2.14. The summed E-state index contributed by atoms with van der Waals surface area (Å²) < 4.78 is 27.5. The van der Waals surface area contributed by atoms with E-state index in [0.29, 0.717) is 10.6 Å². The fraction of sp³-hybridized carbons (Fsp3) is 0.154. The summed E-state index contributed by atoms with van der Waals surface area (Å²) in [5.41, 5.74) is 1.24. The molecule has 0 saturated heterocycles. The fourth-order valence-corrected chi connectivity index (χ4v) is 3.41. The topological polar surface area (TPSA) is 98.5 Å². The van der Waals surface area contributed by atoms with E-state index in [1.807, 2.05) is 30.3 Å². The number of hydrogen-bond acceptors (Lipinski definition) is 5. The molecule has 2 aromatic rings. The van der Waals surface area contributed by atoms with E-state index in [4.69, 9.17) is 9.88 Å². The highest BCUT2D eigenvalue weighted by Gasteiger charge is 2.16. The summed E-state index contributed by atoms with van der Waals surface area (Å²) in [4.78, 5) is 12.3. The predicted octanol–water partition coefficient (Wildman–Crippen LogP) is 2.45. The minimum Gasteiger partial charge on any atom is -0.444 e. The molecule has 8 heteroatoms. The second-order valence-corrected chi connectivity index (χ2v) is 7.31. The summed E-state index contributed by atoms with van der Waals surface area (Å²) in [7, 11) is -3.77. The number of carbonyl (C=O) groups is 1. The standard InChI is InChI=1S/C13H14N2O4S2/c1-9-11(7-12(20-9)21(14,17)18)15-13(16)19-8-10-5-3-2-4-6-10/h2-7H,8H2,1H3,(H,15,16)(H2,14,17,18). The van der Waals surface area contributed by atoms with Crippen molar-refractivity contribution >= 4 is 33.1 Å². The van der Waals surface area contributed by atoms with Crippen molar-refractivity contribution in [3.63, 3.8) is 0 Å². The molecule has 1 aromatic heterocycles. The van der Waals surface area contributed by atoms with Crippen molar-refractivity contribution in [1.82, 2.24) is 0 Å². The van der Waals surface area contributed by atoms with Crippen LogP contribution in [0.2, 0.25) is 0 Å². The van der Waals surface area contributed by atoms with Gasteiger partial charge in [-0.1, -0.05) is 30.3 Å². The van der Waals surface area contributed by atoms with Crippen molar-refractivity contribution in [1.29, 1.82) is 0 Å². The quantitative estimate of drug-likeness (QED) is 0.901. The second-order valence-electron chi connectivity index (χ2n) is 4.27. The first-order valence-electron chi connectivity index (χ1n) is 5.97. The number of nitrogens with two attached hydrogens (primary N) is 1. The Hall–Kier alpha value is -1.90. The third-order valence-electron chi connectivity index (χ3n) is 2.63. The van der Waals surface area contributed by atoms with Crippen LogP contribution in [0.5, 0.6) is 0 Å². The Morgan fingerprint density at radius 3 is 2.57 bits per heavy atom. The molecule has 0 radical (unpaired) electrons. The zero-order valence-electron chi connectivity index (χ0n) is 11.2. The minimum atomic E-state index is -3.77. The fourth-order valence-electron chi connectivity index (χ4n) is 1.59. The molecule has 6 nitrogen and oxygen atoms in total. The van der Waals surface area contributed by atoms with Crippen LogP contribution in [0.1, 0.15) is 10.4 Å². The van der Waals surface area contributed by atoms with Gasteiger partial charge in [-0.3, -0.25) is 5.32 Å². The summed E-state index contributed by atoms with van der Waals surface area (Å²) in [6, 6.07) is 10.5. The molecule has 0 fully saturated rings. The number of primary sulfonamides is 1. The average Bonchev–Trinajstić information content (AvgIpc) is 2.79. The van der Waals surface area contributed by atoms with Gasteiger partial charge in [0.25, 0.3) is 0 Å². The smallest absolute Gasteiger partial charge is 0.411 e. The molecule has 0 aliphatic carbocycles. The summed E-state index contributed by atoms with van der Waals surface area (Å²) in [5.74, 6) is 0. The largest absolute Gasteiger partial charge is 0.444 e. The van der Waals surface area contributed by atoms with E-state index in [1.165, 1.54) is 6.07 Å². The molecule has 0 aliphatic heterocycles. The SMILES string of the molecule is Cc1sc(S(N)(=O)=O)cc1NC(=O)OCc1ccccc1.